The molecule has 2 N–H and O–H groups in total. The van der Waals surface area contributed by atoms with Crippen LogP contribution in [-0.2, 0) is 6.42 Å². The summed E-state index contributed by atoms with van der Waals surface area (Å²) >= 11 is 5.77. The Labute approximate surface area is 82.7 Å². The molecule has 0 aliphatic heterocycles. The van der Waals surface area contributed by atoms with E-state index in [0.717, 1.165) is 24.8 Å². The van der Waals surface area contributed by atoms with Crippen molar-refractivity contribution in [2.75, 3.05) is 6.54 Å². The molecule has 0 amide bonds. The minimum Gasteiger partial charge on any atom is -0.330 e. The second-order valence-corrected chi connectivity index (χ2v) is 3.34. The van der Waals surface area contributed by atoms with Crippen LogP contribution in [0.5, 0.6) is 0 Å². The smallest absolute Gasteiger partial charge is 0.142 e. The number of hydrogen-bond acceptors (Lipinski definition) is 1. The number of aryl methyl sites for hydroxylation is 1. The van der Waals surface area contributed by atoms with Gasteiger partial charge >= 0.3 is 0 Å². The lowest BCUT2D eigenvalue weighted by molar-refractivity contribution is 0.624. The van der Waals surface area contributed by atoms with E-state index in [9.17, 15) is 4.39 Å². The normalized spacial score (nSPS) is 10.4. The van der Waals surface area contributed by atoms with Gasteiger partial charge in [-0.15, -0.1) is 0 Å². The number of halogens is 2. The maximum absolute atomic E-state index is 12.9. The molecule has 1 aromatic carbocycles. The number of benzene rings is 1. The number of nitrogens with two attached hydrogens (primary N) is 1. The summed E-state index contributed by atoms with van der Waals surface area (Å²) in [6, 6.07) is 4.90. The van der Waals surface area contributed by atoms with Gasteiger partial charge in [-0.2, -0.15) is 0 Å². The molecule has 0 radical (unpaired) electrons. The second-order valence-electron chi connectivity index (χ2n) is 2.96. The summed E-state index contributed by atoms with van der Waals surface area (Å²) in [6.07, 6.45) is 2.71. The molecule has 3 heteroatoms. The molecule has 0 aliphatic carbocycles. The Morgan fingerprint density at radius 3 is 2.77 bits per heavy atom. The van der Waals surface area contributed by atoms with Crippen molar-refractivity contribution in [1.82, 2.24) is 0 Å². The van der Waals surface area contributed by atoms with Crippen molar-refractivity contribution >= 4 is 11.6 Å². The van der Waals surface area contributed by atoms with Crippen molar-refractivity contribution in [2.45, 2.75) is 19.3 Å². The molecule has 0 spiro atoms. The summed E-state index contributed by atoms with van der Waals surface area (Å²) in [5.41, 5.74) is 6.22. The zero-order chi connectivity index (χ0) is 9.68. The summed E-state index contributed by atoms with van der Waals surface area (Å²) in [4.78, 5) is 0. The predicted octanol–water partition coefficient (Wildman–Crippen LogP) is 2.76. The third kappa shape index (κ3) is 2.98. The summed E-state index contributed by atoms with van der Waals surface area (Å²) in [5, 5.41) is 0.250. The van der Waals surface area contributed by atoms with Gasteiger partial charge in [0.05, 0.1) is 5.02 Å². The quantitative estimate of drug-likeness (QED) is 0.745. The first-order valence-electron chi connectivity index (χ1n) is 4.38. The molecule has 0 heterocycles. The fraction of sp³-hybridized carbons (Fsp3) is 0.400. The van der Waals surface area contributed by atoms with Gasteiger partial charge in [0.15, 0.2) is 0 Å². The molecule has 72 valence electrons. The van der Waals surface area contributed by atoms with E-state index in [-0.39, 0.29) is 10.8 Å². The van der Waals surface area contributed by atoms with Crippen LogP contribution in [0.4, 0.5) is 4.39 Å². The molecular formula is C10H13ClFN. The van der Waals surface area contributed by atoms with Gasteiger partial charge in [0.25, 0.3) is 0 Å². The zero-order valence-corrected chi connectivity index (χ0v) is 8.15. The maximum atomic E-state index is 12.9. The molecule has 0 bridgehead atoms. The Balaban J connectivity index is 2.61. The van der Waals surface area contributed by atoms with E-state index in [2.05, 4.69) is 0 Å². The van der Waals surface area contributed by atoms with E-state index in [1.165, 1.54) is 6.07 Å². The molecule has 13 heavy (non-hydrogen) atoms. The highest BCUT2D eigenvalue weighted by atomic mass is 35.5. The average Bonchev–Trinajstić information content (AvgIpc) is 2.13. The summed E-state index contributed by atoms with van der Waals surface area (Å²) < 4.78 is 12.9. The van der Waals surface area contributed by atoms with E-state index in [1.807, 2.05) is 6.07 Å². The highest BCUT2D eigenvalue weighted by molar-refractivity contribution is 6.31. The molecule has 0 atom stereocenters. The topological polar surface area (TPSA) is 26.0 Å². The highest BCUT2D eigenvalue weighted by Crippen LogP contribution is 2.20. The standard InChI is InChI=1S/C10H13ClFN/c11-10-8(4-1-2-7-13)5-3-6-9(10)12/h3,5-6H,1-2,4,7,13H2. The molecule has 0 aromatic heterocycles. The molecule has 1 aromatic rings. The summed E-state index contributed by atoms with van der Waals surface area (Å²) in [6.45, 7) is 0.674. The first-order valence-corrected chi connectivity index (χ1v) is 4.76. The van der Waals surface area contributed by atoms with Gasteiger partial charge in [-0.25, -0.2) is 4.39 Å². The lowest BCUT2D eigenvalue weighted by Gasteiger charge is -2.03. The summed E-state index contributed by atoms with van der Waals surface area (Å²) in [5.74, 6) is -0.341. The van der Waals surface area contributed by atoms with Crippen molar-refractivity contribution in [3.63, 3.8) is 0 Å². The van der Waals surface area contributed by atoms with Gasteiger partial charge in [-0.05, 0) is 37.4 Å². The lowest BCUT2D eigenvalue weighted by Crippen LogP contribution is -1.99. The van der Waals surface area contributed by atoms with Crippen LogP contribution in [0.3, 0.4) is 0 Å². The Hall–Kier alpha value is -0.600. The van der Waals surface area contributed by atoms with Crippen molar-refractivity contribution < 1.29 is 4.39 Å². The molecule has 0 fully saturated rings. The van der Waals surface area contributed by atoms with Crippen LogP contribution in [0.2, 0.25) is 5.02 Å². The first-order chi connectivity index (χ1) is 6.25. The minimum atomic E-state index is -0.341. The van der Waals surface area contributed by atoms with E-state index in [4.69, 9.17) is 17.3 Å². The van der Waals surface area contributed by atoms with Crippen LogP contribution in [0, 0.1) is 5.82 Å². The molecule has 0 unspecified atom stereocenters. The van der Waals surface area contributed by atoms with Gasteiger partial charge in [-0.3, -0.25) is 0 Å². The van der Waals surface area contributed by atoms with E-state index in [1.54, 1.807) is 6.07 Å². The van der Waals surface area contributed by atoms with Crippen LogP contribution in [0.15, 0.2) is 18.2 Å². The van der Waals surface area contributed by atoms with Gasteiger partial charge in [0, 0.05) is 0 Å². The third-order valence-electron chi connectivity index (χ3n) is 1.93. The third-order valence-corrected chi connectivity index (χ3v) is 2.36. The molecule has 0 aliphatic rings. The Morgan fingerprint density at radius 2 is 2.08 bits per heavy atom. The van der Waals surface area contributed by atoms with Crippen molar-refractivity contribution in [2.24, 2.45) is 5.73 Å². The van der Waals surface area contributed by atoms with Crippen LogP contribution >= 0.6 is 11.6 Å². The number of rotatable bonds is 4. The fourth-order valence-electron chi connectivity index (χ4n) is 1.20. The lowest BCUT2D eigenvalue weighted by atomic mass is 10.1. The van der Waals surface area contributed by atoms with Gasteiger partial charge in [0.1, 0.15) is 5.82 Å². The van der Waals surface area contributed by atoms with Crippen molar-refractivity contribution in [3.8, 4) is 0 Å². The van der Waals surface area contributed by atoms with Crippen molar-refractivity contribution in [3.05, 3.63) is 34.6 Å². The van der Waals surface area contributed by atoms with E-state index in [0.29, 0.717) is 6.54 Å². The Kier molecular flexibility index (Phi) is 4.19. The van der Waals surface area contributed by atoms with Crippen LogP contribution in [0.1, 0.15) is 18.4 Å². The monoisotopic (exact) mass is 201 g/mol. The maximum Gasteiger partial charge on any atom is 0.142 e. The molecule has 0 saturated carbocycles. The Bertz CT molecular complexity index is 276. The summed E-state index contributed by atoms with van der Waals surface area (Å²) in [7, 11) is 0. The van der Waals surface area contributed by atoms with Gasteiger partial charge < -0.3 is 5.73 Å². The average molecular weight is 202 g/mol. The number of unbranched alkanes of at least 4 members (excludes halogenated alkanes) is 1. The van der Waals surface area contributed by atoms with Crippen LogP contribution in [-0.4, -0.2) is 6.54 Å². The molecule has 0 saturated heterocycles. The molecule has 1 rings (SSSR count). The van der Waals surface area contributed by atoms with E-state index < -0.39 is 0 Å². The second kappa shape index (κ2) is 5.20. The van der Waals surface area contributed by atoms with Gasteiger partial charge in [0.2, 0.25) is 0 Å². The minimum absolute atomic E-state index is 0.250. The zero-order valence-electron chi connectivity index (χ0n) is 7.39. The Morgan fingerprint density at radius 1 is 1.31 bits per heavy atom. The largest absolute Gasteiger partial charge is 0.330 e. The van der Waals surface area contributed by atoms with Crippen LogP contribution < -0.4 is 5.73 Å². The van der Waals surface area contributed by atoms with Crippen LogP contribution in [0.25, 0.3) is 0 Å². The van der Waals surface area contributed by atoms with Crippen molar-refractivity contribution in [1.29, 1.82) is 0 Å². The fourth-order valence-corrected chi connectivity index (χ4v) is 1.42. The molecular weight excluding hydrogens is 189 g/mol. The molecule has 1 nitrogen and oxygen atoms in total. The van der Waals surface area contributed by atoms with E-state index >= 15 is 0 Å². The number of hydrogen-bond donors (Lipinski definition) is 1. The van der Waals surface area contributed by atoms with Gasteiger partial charge in [-0.1, -0.05) is 23.7 Å². The first kappa shape index (κ1) is 10.5. The SMILES string of the molecule is NCCCCc1cccc(F)c1Cl. The highest BCUT2D eigenvalue weighted by Gasteiger charge is 2.04. The predicted molar refractivity (Wildman–Crippen MR) is 53.4 cm³/mol.